The molecule has 9 heteroatoms. The predicted octanol–water partition coefficient (Wildman–Crippen LogP) is 3.95. The molecule has 2 aromatic rings. The number of phenols is 1. The first-order valence-electron chi connectivity index (χ1n) is 6.80. The van der Waals surface area contributed by atoms with Crippen molar-refractivity contribution in [1.29, 1.82) is 0 Å². The second-order valence-corrected chi connectivity index (χ2v) is 5.65. The SMILES string of the molecule is COc1cc(/C=N/NC(=O)c2ccccc2C(F)(F)F)cc(Br)c1O. The number of amides is 1. The molecule has 2 N–H and O–H groups in total. The lowest BCUT2D eigenvalue weighted by Gasteiger charge is -2.11. The highest BCUT2D eigenvalue weighted by atomic mass is 79.9. The summed E-state index contributed by atoms with van der Waals surface area (Å²) in [5.41, 5.74) is 0.918. The minimum absolute atomic E-state index is 0.109. The second-order valence-electron chi connectivity index (χ2n) is 4.80. The smallest absolute Gasteiger partial charge is 0.417 e. The minimum atomic E-state index is -4.65. The Morgan fingerprint density at radius 3 is 2.64 bits per heavy atom. The topological polar surface area (TPSA) is 70.9 Å². The number of hydrogen-bond acceptors (Lipinski definition) is 4. The van der Waals surface area contributed by atoms with Gasteiger partial charge < -0.3 is 9.84 Å². The summed E-state index contributed by atoms with van der Waals surface area (Å²) in [6.45, 7) is 0. The Labute approximate surface area is 149 Å². The molecule has 0 radical (unpaired) electrons. The van der Waals surface area contributed by atoms with Gasteiger partial charge in [-0.15, -0.1) is 0 Å². The number of alkyl halides is 3. The number of hydrogen-bond donors (Lipinski definition) is 2. The Morgan fingerprint density at radius 1 is 1.32 bits per heavy atom. The molecule has 25 heavy (non-hydrogen) atoms. The second kappa shape index (κ2) is 7.56. The standard InChI is InChI=1S/C16H12BrF3N2O3/c1-25-13-7-9(6-12(17)14(13)23)8-21-22-15(24)10-4-2-3-5-11(10)16(18,19)20/h2-8,23H,1H3,(H,22,24)/b21-8+. The molecule has 0 aliphatic heterocycles. The number of phenolic OH excluding ortho intramolecular Hbond substituents is 1. The third-order valence-electron chi connectivity index (χ3n) is 3.13. The molecule has 0 heterocycles. The molecule has 0 atom stereocenters. The van der Waals surface area contributed by atoms with Gasteiger partial charge in [-0.05, 0) is 45.8 Å². The molecule has 0 saturated heterocycles. The highest BCUT2D eigenvalue weighted by Gasteiger charge is 2.34. The van der Waals surface area contributed by atoms with Crippen molar-refractivity contribution in [3.05, 3.63) is 57.6 Å². The molecule has 0 saturated carbocycles. The zero-order chi connectivity index (χ0) is 18.6. The Kier molecular flexibility index (Phi) is 5.68. The fraction of sp³-hybridized carbons (Fsp3) is 0.125. The van der Waals surface area contributed by atoms with Crippen LogP contribution in [0.4, 0.5) is 13.2 Å². The Morgan fingerprint density at radius 2 is 2.00 bits per heavy atom. The van der Waals surface area contributed by atoms with Gasteiger partial charge in [-0.25, -0.2) is 5.43 Å². The maximum atomic E-state index is 12.9. The van der Waals surface area contributed by atoms with Crippen LogP contribution >= 0.6 is 15.9 Å². The lowest BCUT2D eigenvalue weighted by Crippen LogP contribution is -2.22. The summed E-state index contributed by atoms with van der Waals surface area (Å²) in [5, 5.41) is 13.3. The van der Waals surface area contributed by atoms with Crippen LogP contribution in [0.5, 0.6) is 11.5 Å². The van der Waals surface area contributed by atoms with Crippen LogP contribution in [0.1, 0.15) is 21.5 Å². The maximum absolute atomic E-state index is 12.9. The summed E-state index contributed by atoms with van der Waals surface area (Å²) in [7, 11) is 1.36. The van der Waals surface area contributed by atoms with E-state index in [0.717, 1.165) is 12.1 Å². The Bertz CT molecular complexity index is 823. The van der Waals surface area contributed by atoms with Crippen molar-refractivity contribution in [2.45, 2.75) is 6.18 Å². The van der Waals surface area contributed by atoms with E-state index in [9.17, 15) is 23.1 Å². The monoisotopic (exact) mass is 416 g/mol. The van der Waals surface area contributed by atoms with Crippen LogP contribution in [-0.4, -0.2) is 24.3 Å². The van der Waals surface area contributed by atoms with E-state index in [1.54, 1.807) is 0 Å². The van der Waals surface area contributed by atoms with Gasteiger partial charge in [0.2, 0.25) is 0 Å². The number of nitrogens with zero attached hydrogens (tertiary/aromatic N) is 1. The molecule has 2 rings (SSSR count). The molecular weight excluding hydrogens is 405 g/mol. The summed E-state index contributed by atoms with van der Waals surface area (Å²) in [4.78, 5) is 11.9. The van der Waals surface area contributed by atoms with E-state index in [1.807, 2.05) is 5.43 Å². The molecule has 2 aromatic carbocycles. The fourth-order valence-corrected chi connectivity index (χ4v) is 2.44. The van der Waals surface area contributed by atoms with Crippen LogP contribution in [0.25, 0.3) is 0 Å². The van der Waals surface area contributed by atoms with Crippen LogP contribution in [0, 0.1) is 0 Å². The lowest BCUT2D eigenvalue weighted by atomic mass is 10.1. The number of methoxy groups -OCH3 is 1. The van der Waals surface area contributed by atoms with Gasteiger partial charge in [0.15, 0.2) is 11.5 Å². The summed E-state index contributed by atoms with van der Waals surface area (Å²) in [5.74, 6) is -0.929. The van der Waals surface area contributed by atoms with Gasteiger partial charge in [0.05, 0.1) is 28.9 Å². The van der Waals surface area contributed by atoms with Crippen LogP contribution in [0.3, 0.4) is 0 Å². The first-order chi connectivity index (χ1) is 11.7. The van der Waals surface area contributed by atoms with Crippen molar-refractivity contribution in [2.24, 2.45) is 5.10 Å². The molecule has 0 aliphatic carbocycles. The number of carbonyl (C=O) groups is 1. The van der Waals surface area contributed by atoms with E-state index in [1.165, 1.54) is 37.6 Å². The van der Waals surface area contributed by atoms with Crippen molar-refractivity contribution >= 4 is 28.1 Å². The lowest BCUT2D eigenvalue weighted by molar-refractivity contribution is -0.137. The predicted molar refractivity (Wildman–Crippen MR) is 88.9 cm³/mol. The van der Waals surface area contributed by atoms with Crippen LogP contribution in [-0.2, 0) is 6.18 Å². The van der Waals surface area contributed by atoms with Crippen molar-refractivity contribution < 1.29 is 27.8 Å². The number of carbonyl (C=O) groups excluding carboxylic acids is 1. The minimum Gasteiger partial charge on any atom is -0.503 e. The van der Waals surface area contributed by atoms with Crippen molar-refractivity contribution in [3.63, 3.8) is 0 Å². The fourth-order valence-electron chi connectivity index (χ4n) is 1.98. The average molecular weight is 417 g/mol. The normalized spacial score (nSPS) is 11.6. The third kappa shape index (κ3) is 4.50. The molecule has 5 nitrogen and oxygen atoms in total. The summed E-state index contributed by atoms with van der Waals surface area (Å²) in [6.07, 6.45) is -3.44. The van der Waals surface area contributed by atoms with Gasteiger partial charge in [-0.3, -0.25) is 4.79 Å². The third-order valence-corrected chi connectivity index (χ3v) is 3.73. The number of rotatable bonds is 4. The number of ether oxygens (including phenoxy) is 1. The highest BCUT2D eigenvalue weighted by molar-refractivity contribution is 9.10. The summed E-state index contributed by atoms with van der Waals surface area (Å²) >= 11 is 3.12. The molecule has 0 fully saturated rings. The van der Waals surface area contributed by atoms with E-state index >= 15 is 0 Å². The molecule has 0 aromatic heterocycles. The van der Waals surface area contributed by atoms with Crippen LogP contribution in [0.2, 0.25) is 0 Å². The van der Waals surface area contributed by atoms with Crippen molar-refractivity contribution in [1.82, 2.24) is 5.43 Å². The number of benzene rings is 2. The molecule has 0 aliphatic rings. The quantitative estimate of drug-likeness (QED) is 0.585. The van der Waals surface area contributed by atoms with Gasteiger partial charge in [0, 0.05) is 0 Å². The van der Waals surface area contributed by atoms with E-state index in [0.29, 0.717) is 10.0 Å². The van der Waals surface area contributed by atoms with E-state index in [2.05, 4.69) is 21.0 Å². The summed E-state index contributed by atoms with van der Waals surface area (Å²) < 4.78 is 44.0. The van der Waals surface area contributed by atoms with Crippen molar-refractivity contribution in [2.75, 3.05) is 7.11 Å². The van der Waals surface area contributed by atoms with Gasteiger partial charge in [0.25, 0.3) is 5.91 Å². The van der Waals surface area contributed by atoms with Crippen LogP contribution < -0.4 is 10.2 Å². The Balaban J connectivity index is 2.19. The molecule has 1 amide bonds. The highest BCUT2D eigenvalue weighted by Crippen LogP contribution is 2.34. The maximum Gasteiger partial charge on any atom is 0.417 e. The molecule has 0 spiro atoms. The first kappa shape index (κ1) is 18.8. The first-order valence-corrected chi connectivity index (χ1v) is 7.59. The van der Waals surface area contributed by atoms with Gasteiger partial charge in [0.1, 0.15) is 0 Å². The van der Waals surface area contributed by atoms with Crippen LogP contribution in [0.15, 0.2) is 46.0 Å². The van der Waals surface area contributed by atoms with Gasteiger partial charge in [-0.1, -0.05) is 12.1 Å². The van der Waals surface area contributed by atoms with E-state index in [-0.39, 0.29) is 11.5 Å². The van der Waals surface area contributed by atoms with E-state index in [4.69, 9.17) is 4.74 Å². The number of nitrogens with one attached hydrogen (secondary N) is 1. The average Bonchev–Trinajstić information content (AvgIpc) is 2.57. The number of aromatic hydroxyl groups is 1. The van der Waals surface area contributed by atoms with Gasteiger partial charge >= 0.3 is 6.18 Å². The van der Waals surface area contributed by atoms with Gasteiger partial charge in [-0.2, -0.15) is 18.3 Å². The Hall–Kier alpha value is -2.55. The molecule has 0 unspecified atom stereocenters. The molecule has 0 bridgehead atoms. The molecular formula is C16H12BrF3N2O3. The number of halogens is 4. The molecule has 132 valence electrons. The largest absolute Gasteiger partial charge is 0.503 e. The number of hydrazone groups is 1. The zero-order valence-corrected chi connectivity index (χ0v) is 14.4. The summed E-state index contributed by atoms with van der Waals surface area (Å²) in [6, 6.07) is 7.35. The zero-order valence-electron chi connectivity index (χ0n) is 12.8. The van der Waals surface area contributed by atoms with E-state index < -0.39 is 23.2 Å². The van der Waals surface area contributed by atoms with Crippen molar-refractivity contribution in [3.8, 4) is 11.5 Å².